The summed E-state index contributed by atoms with van der Waals surface area (Å²) in [7, 11) is 0. The van der Waals surface area contributed by atoms with E-state index in [4.69, 9.17) is 0 Å². The number of ketones is 1. The minimum Gasteiger partial charge on any atom is -0.341 e. The van der Waals surface area contributed by atoms with Gasteiger partial charge in [-0.05, 0) is 37.8 Å². The number of carbonyl (C=O) groups excluding carboxylic acids is 2. The minimum absolute atomic E-state index is 0.0779. The number of halogens is 2. The lowest BCUT2D eigenvalue weighted by molar-refractivity contribution is -0.126. The zero-order valence-electron chi connectivity index (χ0n) is 14.6. The molecular weight excluding hydrogens is 342 g/mol. The lowest BCUT2D eigenvalue weighted by Gasteiger charge is -2.34. The Morgan fingerprint density at radius 1 is 1.35 bits per heavy atom. The van der Waals surface area contributed by atoms with Gasteiger partial charge in [0.05, 0.1) is 5.70 Å². The van der Waals surface area contributed by atoms with Crippen LogP contribution in [0.4, 0.5) is 14.6 Å². The van der Waals surface area contributed by atoms with Crippen molar-refractivity contribution in [1.29, 1.82) is 0 Å². The molecule has 1 aromatic heterocycles. The highest BCUT2D eigenvalue weighted by atomic mass is 19.3. The highest BCUT2D eigenvalue weighted by Gasteiger charge is 2.49. The number of rotatable bonds is 3. The van der Waals surface area contributed by atoms with Crippen LogP contribution in [0.3, 0.4) is 0 Å². The van der Waals surface area contributed by atoms with Gasteiger partial charge in [0.1, 0.15) is 17.7 Å². The van der Waals surface area contributed by atoms with Crippen molar-refractivity contribution in [3.8, 4) is 0 Å². The van der Waals surface area contributed by atoms with Gasteiger partial charge < -0.3 is 10.6 Å². The Bertz CT molecular complexity index is 786. The summed E-state index contributed by atoms with van der Waals surface area (Å²) in [4.78, 5) is 32.9. The zero-order valence-corrected chi connectivity index (χ0v) is 14.6. The van der Waals surface area contributed by atoms with Crippen LogP contribution >= 0.6 is 0 Å². The fourth-order valence-electron chi connectivity index (χ4n) is 3.16. The van der Waals surface area contributed by atoms with Crippen molar-refractivity contribution >= 4 is 17.5 Å². The normalized spacial score (nSPS) is 26.7. The first-order chi connectivity index (χ1) is 12.2. The zero-order chi connectivity index (χ0) is 18.9. The van der Waals surface area contributed by atoms with Crippen LogP contribution in [0.2, 0.25) is 0 Å². The van der Waals surface area contributed by atoms with E-state index in [2.05, 4.69) is 20.6 Å². The molecule has 1 amide bonds. The Labute approximate surface area is 149 Å². The maximum Gasteiger partial charge on any atom is 0.267 e. The van der Waals surface area contributed by atoms with Gasteiger partial charge in [-0.15, -0.1) is 0 Å². The molecule has 1 saturated heterocycles. The number of anilines is 1. The van der Waals surface area contributed by atoms with Crippen molar-refractivity contribution in [1.82, 2.24) is 15.3 Å². The van der Waals surface area contributed by atoms with E-state index < -0.39 is 23.3 Å². The second-order valence-electron chi connectivity index (χ2n) is 6.96. The Kier molecular flexibility index (Phi) is 4.60. The predicted octanol–water partition coefficient (Wildman–Crippen LogP) is 2.61. The first-order valence-corrected chi connectivity index (χ1v) is 8.38. The summed E-state index contributed by atoms with van der Waals surface area (Å²) < 4.78 is 27.9. The molecule has 2 unspecified atom stereocenters. The van der Waals surface area contributed by atoms with E-state index in [1.165, 1.54) is 25.4 Å². The summed E-state index contributed by atoms with van der Waals surface area (Å²) in [6.07, 6.45) is 6.43. The fraction of sp³-hybridized carbons (Fsp3) is 0.444. The monoisotopic (exact) mass is 362 g/mol. The third-order valence-corrected chi connectivity index (χ3v) is 5.06. The number of hydrogen-bond donors (Lipinski definition) is 2. The van der Waals surface area contributed by atoms with Gasteiger partial charge in [0.25, 0.3) is 5.92 Å². The van der Waals surface area contributed by atoms with Crippen molar-refractivity contribution in [2.75, 3.05) is 5.32 Å². The molecule has 3 rings (SSSR count). The molecule has 1 aliphatic carbocycles. The molecule has 2 atom stereocenters. The van der Waals surface area contributed by atoms with E-state index >= 15 is 0 Å². The van der Waals surface area contributed by atoms with Gasteiger partial charge in [-0.2, -0.15) is 0 Å². The molecule has 0 bridgehead atoms. The smallest absolute Gasteiger partial charge is 0.267 e. The summed E-state index contributed by atoms with van der Waals surface area (Å²) in [6.45, 7) is 2.15. The number of nitrogens with one attached hydrogen (secondary N) is 2. The van der Waals surface area contributed by atoms with Crippen LogP contribution in [0.1, 0.15) is 33.1 Å². The molecule has 0 radical (unpaired) electrons. The van der Waals surface area contributed by atoms with E-state index in [0.29, 0.717) is 23.5 Å². The second kappa shape index (κ2) is 6.59. The summed E-state index contributed by atoms with van der Waals surface area (Å²) in [6, 6.07) is 1.62. The molecule has 1 fully saturated rings. The first-order valence-electron chi connectivity index (χ1n) is 8.38. The van der Waals surface area contributed by atoms with Crippen LogP contribution in [0.5, 0.6) is 0 Å². The molecule has 6 nitrogen and oxygen atoms in total. The standard InChI is InChI=1S/C18H20F2N4O2/c1-17(18(2,19)20)7-5-11-9-14(25)13(4-3-12(11)16(26)24-17)23-15-6-8-21-10-22-15/h3-4,6,8,10-11H,5,7,9H2,1-2H3,(H,24,26)(H,21,22,23). The Morgan fingerprint density at radius 2 is 2.12 bits per heavy atom. The number of allylic oxidation sites excluding steroid dienone is 3. The Hall–Kier alpha value is -2.64. The van der Waals surface area contributed by atoms with Crippen LogP contribution in [-0.4, -0.2) is 33.1 Å². The van der Waals surface area contributed by atoms with Gasteiger partial charge in [-0.25, -0.2) is 18.7 Å². The van der Waals surface area contributed by atoms with Crippen LogP contribution < -0.4 is 10.6 Å². The quantitative estimate of drug-likeness (QED) is 0.864. The molecule has 2 aliphatic rings. The number of hydrogen-bond acceptors (Lipinski definition) is 5. The molecular formula is C18H20F2N4O2. The van der Waals surface area contributed by atoms with E-state index in [9.17, 15) is 18.4 Å². The highest BCUT2D eigenvalue weighted by Crippen LogP contribution is 2.39. The van der Waals surface area contributed by atoms with E-state index in [-0.39, 0.29) is 18.6 Å². The van der Waals surface area contributed by atoms with Crippen LogP contribution in [0, 0.1) is 5.92 Å². The molecule has 0 aromatic carbocycles. The lowest BCUT2D eigenvalue weighted by atomic mass is 9.85. The summed E-state index contributed by atoms with van der Waals surface area (Å²) in [5.74, 6) is -3.74. The molecule has 2 heterocycles. The van der Waals surface area contributed by atoms with Gasteiger partial charge in [0.15, 0.2) is 5.78 Å². The number of alkyl halides is 2. The molecule has 1 aliphatic heterocycles. The minimum atomic E-state index is -3.06. The van der Waals surface area contributed by atoms with Gasteiger partial charge in [0, 0.05) is 25.1 Å². The van der Waals surface area contributed by atoms with Crippen molar-refractivity contribution in [3.05, 3.63) is 42.0 Å². The average molecular weight is 362 g/mol. The number of amides is 1. The summed E-state index contributed by atoms with van der Waals surface area (Å²) >= 11 is 0. The number of nitrogens with zero attached hydrogens (tertiary/aromatic N) is 2. The fourth-order valence-corrected chi connectivity index (χ4v) is 3.16. The Balaban J connectivity index is 1.87. The number of aromatic nitrogens is 2. The highest BCUT2D eigenvalue weighted by molar-refractivity contribution is 6.02. The predicted molar refractivity (Wildman–Crippen MR) is 91.3 cm³/mol. The molecule has 8 heteroatoms. The van der Waals surface area contributed by atoms with E-state index in [1.807, 2.05) is 0 Å². The largest absolute Gasteiger partial charge is 0.341 e. The van der Waals surface area contributed by atoms with E-state index in [0.717, 1.165) is 6.92 Å². The maximum atomic E-state index is 13.9. The second-order valence-corrected chi connectivity index (χ2v) is 6.96. The van der Waals surface area contributed by atoms with Crippen molar-refractivity contribution < 1.29 is 18.4 Å². The first kappa shape index (κ1) is 18.2. The number of Topliss-reactive ketones (excluding diaryl/α,β-unsaturated/α-hetero) is 1. The van der Waals surface area contributed by atoms with Crippen molar-refractivity contribution in [3.63, 3.8) is 0 Å². The molecule has 0 saturated carbocycles. The lowest BCUT2D eigenvalue weighted by Crippen LogP contribution is -2.56. The van der Waals surface area contributed by atoms with Gasteiger partial charge in [-0.3, -0.25) is 9.59 Å². The van der Waals surface area contributed by atoms with E-state index in [1.54, 1.807) is 12.3 Å². The number of carbonyl (C=O) groups is 2. The molecule has 1 aromatic rings. The van der Waals surface area contributed by atoms with Gasteiger partial charge in [-0.1, -0.05) is 6.08 Å². The van der Waals surface area contributed by atoms with Gasteiger partial charge >= 0.3 is 0 Å². The van der Waals surface area contributed by atoms with Crippen LogP contribution in [0.25, 0.3) is 0 Å². The molecule has 26 heavy (non-hydrogen) atoms. The topological polar surface area (TPSA) is 84.0 Å². The molecule has 138 valence electrons. The number of fused-ring (bicyclic) bond motifs is 1. The molecule has 2 N–H and O–H groups in total. The SMILES string of the molecule is CC(F)(F)C1(C)CCC2CC(=O)C(Nc3ccncn3)=CC=C2C(=O)N1. The third kappa shape index (κ3) is 3.49. The van der Waals surface area contributed by atoms with Crippen LogP contribution in [-0.2, 0) is 9.59 Å². The van der Waals surface area contributed by atoms with Gasteiger partial charge in [0.2, 0.25) is 5.91 Å². The average Bonchev–Trinajstić information content (AvgIpc) is 2.79. The Morgan fingerprint density at radius 3 is 2.77 bits per heavy atom. The molecule has 0 spiro atoms. The van der Waals surface area contributed by atoms with Crippen LogP contribution in [0.15, 0.2) is 42.0 Å². The van der Waals surface area contributed by atoms with Crippen molar-refractivity contribution in [2.45, 2.75) is 44.6 Å². The van der Waals surface area contributed by atoms with Crippen molar-refractivity contribution in [2.24, 2.45) is 5.92 Å². The summed E-state index contributed by atoms with van der Waals surface area (Å²) in [5, 5.41) is 5.38. The third-order valence-electron chi connectivity index (χ3n) is 5.06. The summed E-state index contributed by atoms with van der Waals surface area (Å²) in [5.41, 5.74) is -0.974. The maximum absolute atomic E-state index is 13.9.